The third-order valence-electron chi connectivity index (χ3n) is 5.34. The number of nitrogens with zero attached hydrogens (tertiary/aromatic N) is 2. The maximum Gasteiger partial charge on any atom is 0.261 e. The van der Waals surface area contributed by atoms with Gasteiger partial charge in [0, 0.05) is 37.8 Å². The zero-order valence-corrected chi connectivity index (χ0v) is 15.9. The van der Waals surface area contributed by atoms with Crippen LogP contribution < -0.4 is 5.32 Å². The first-order valence-electron chi connectivity index (χ1n) is 9.61. The number of imide groups is 1. The van der Waals surface area contributed by atoms with Crippen molar-refractivity contribution >= 4 is 17.7 Å². The van der Waals surface area contributed by atoms with Gasteiger partial charge in [-0.3, -0.25) is 19.3 Å². The molecule has 144 valence electrons. The molecule has 1 atom stereocenters. The molecule has 28 heavy (non-hydrogen) atoms. The first-order chi connectivity index (χ1) is 13.5. The minimum Gasteiger partial charge on any atom is -0.336 e. The van der Waals surface area contributed by atoms with Gasteiger partial charge in [-0.2, -0.15) is 0 Å². The highest BCUT2D eigenvalue weighted by Gasteiger charge is 2.36. The van der Waals surface area contributed by atoms with Crippen LogP contribution in [0.15, 0.2) is 48.5 Å². The van der Waals surface area contributed by atoms with E-state index in [2.05, 4.69) is 5.32 Å². The molecule has 0 aliphatic carbocycles. The molecule has 2 aromatic carbocycles. The average Bonchev–Trinajstić information content (AvgIpc) is 2.96. The van der Waals surface area contributed by atoms with E-state index >= 15 is 0 Å². The molecule has 6 nitrogen and oxygen atoms in total. The van der Waals surface area contributed by atoms with Gasteiger partial charge in [0.25, 0.3) is 17.7 Å². The quantitative estimate of drug-likeness (QED) is 0.827. The summed E-state index contributed by atoms with van der Waals surface area (Å²) in [6, 6.07) is 14.8. The van der Waals surface area contributed by atoms with Crippen LogP contribution in [0.1, 0.15) is 43.6 Å². The van der Waals surface area contributed by atoms with Crippen molar-refractivity contribution in [2.24, 2.45) is 0 Å². The normalized spacial score (nSPS) is 19.1. The van der Waals surface area contributed by atoms with E-state index in [0.717, 1.165) is 12.1 Å². The molecule has 2 aliphatic heterocycles. The fourth-order valence-electron chi connectivity index (χ4n) is 3.81. The van der Waals surface area contributed by atoms with Crippen LogP contribution in [0.4, 0.5) is 0 Å². The number of rotatable bonds is 4. The van der Waals surface area contributed by atoms with Crippen molar-refractivity contribution in [2.75, 3.05) is 26.2 Å². The van der Waals surface area contributed by atoms with Gasteiger partial charge in [-0.1, -0.05) is 30.3 Å². The topological polar surface area (TPSA) is 69.7 Å². The van der Waals surface area contributed by atoms with Crippen molar-refractivity contribution < 1.29 is 14.4 Å². The average molecular weight is 377 g/mol. The van der Waals surface area contributed by atoms with Crippen molar-refractivity contribution in [3.05, 3.63) is 70.8 Å². The van der Waals surface area contributed by atoms with Gasteiger partial charge in [-0.15, -0.1) is 0 Å². The van der Waals surface area contributed by atoms with E-state index in [1.165, 1.54) is 4.90 Å². The largest absolute Gasteiger partial charge is 0.336 e. The molecule has 1 saturated heterocycles. The van der Waals surface area contributed by atoms with Crippen LogP contribution >= 0.6 is 0 Å². The second kappa shape index (κ2) is 7.56. The summed E-state index contributed by atoms with van der Waals surface area (Å²) in [5.41, 5.74) is 2.23. The minimum absolute atomic E-state index is 0.0980. The maximum atomic E-state index is 12.8. The summed E-state index contributed by atoms with van der Waals surface area (Å²) in [6.07, 6.45) is 0.608. The highest BCUT2D eigenvalue weighted by atomic mass is 16.2. The molecular weight excluding hydrogens is 354 g/mol. The molecule has 1 N–H and O–H groups in total. The Labute approximate surface area is 164 Å². The highest BCUT2D eigenvalue weighted by molar-refractivity contribution is 6.22. The van der Waals surface area contributed by atoms with Gasteiger partial charge in [0.1, 0.15) is 0 Å². The molecule has 0 radical (unpaired) electrons. The van der Waals surface area contributed by atoms with Crippen molar-refractivity contribution in [3.63, 3.8) is 0 Å². The first-order valence-corrected chi connectivity index (χ1v) is 9.61. The number of nitrogens with one attached hydrogen (secondary N) is 1. The molecule has 0 aromatic heterocycles. The Bertz CT molecular complexity index is 926. The molecule has 6 heteroatoms. The standard InChI is InChI=1S/C22H23N3O3/c1-15-14-24(12-10-23-15)20(26)17-7-8-18-19(13-17)22(28)25(21(18)27)11-9-16-5-3-2-4-6-16/h2-8,13,15,23H,9-12,14H2,1H3. The molecule has 0 saturated carbocycles. The summed E-state index contributed by atoms with van der Waals surface area (Å²) >= 11 is 0. The van der Waals surface area contributed by atoms with E-state index in [1.54, 1.807) is 23.1 Å². The molecule has 0 spiro atoms. The Morgan fingerprint density at radius 3 is 2.57 bits per heavy atom. The van der Waals surface area contributed by atoms with Crippen LogP contribution in [0, 0.1) is 0 Å². The van der Waals surface area contributed by atoms with Gasteiger partial charge in [-0.25, -0.2) is 0 Å². The number of benzene rings is 2. The van der Waals surface area contributed by atoms with E-state index in [9.17, 15) is 14.4 Å². The van der Waals surface area contributed by atoms with Crippen LogP contribution in [0.3, 0.4) is 0 Å². The molecule has 2 aromatic rings. The van der Waals surface area contributed by atoms with Gasteiger partial charge in [-0.05, 0) is 37.1 Å². The molecule has 0 bridgehead atoms. The van der Waals surface area contributed by atoms with Crippen molar-refractivity contribution in [3.8, 4) is 0 Å². The molecule has 2 aliphatic rings. The zero-order chi connectivity index (χ0) is 19.7. The zero-order valence-electron chi connectivity index (χ0n) is 15.9. The number of hydrogen-bond acceptors (Lipinski definition) is 4. The smallest absolute Gasteiger partial charge is 0.261 e. The van der Waals surface area contributed by atoms with Gasteiger partial charge in [0.15, 0.2) is 0 Å². The van der Waals surface area contributed by atoms with Crippen LogP contribution in [0.25, 0.3) is 0 Å². The van der Waals surface area contributed by atoms with Crippen LogP contribution in [-0.2, 0) is 6.42 Å². The molecule has 2 heterocycles. The molecule has 1 fully saturated rings. The summed E-state index contributed by atoms with van der Waals surface area (Å²) < 4.78 is 0. The van der Waals surface area contributed by atoms with E-state index < -0.39 is 0 Å². The summed E-state index contributed by atoms with van der Waals surface area (Å²) in [4.78, 5) is 41.3. The number of amides is 3. The molecule has 1 unspecified atom stereocenters. The fraction of sp³-hybridized carbons (Fsp3) is 0.318. The maximum absolute atomic E-state index is 12.8. The Hall–Kier alpha value is -2.99. The van der Waals surface area contributed by atoms with E-state index in [1.807, 2.05) is 37.3 Å². The minimum atomic E-state index is -0.320. The Morgan fingerprint density at radius 1 is 1.07 bits per heavy atom. The number of fused-ring (bicyclic) bond motifs is 1. The lowest BCUT2D eigenvalue weighted by Gasteiger charge is -2.32. The Balaban J connectivity index is 1.51. The number of carbonyl (C=O) groups excluding carboxylic acids is 3. The lowest BCUT2D eigenvalue weighted by Crippen LogP contribution is -2.51. The molecular formula is C22H23N3O3. The predicted octanol–water partition coefficient (Wildman–Crippen LogP) is 1.96. The monoisotopic (exact) mass is 377 g/mol. The van der Waals surface area contributed by atoms with E-state index in [0.29, 0.717) is 42.7 Å². The van der Waals surface area contributed by atoms with Crippen LogP contribution in [0.5, 0.6) is 0 Å². The van der Waals surface area contributed by atoms with Crippen LogP contribution in [0.2, 0.25) is 0 Å². The van der Waals surface area contributed by atoms with Gasteiger partial charge in [0.05, 0.1) is 11.1 Å². The lowest BCUT2D eigenvalue weighted by atomic mass is 10.0. The van der Waals surface area contributed by atoms with Crippen molar-refractivity contribution in [2.45, 2.75) is 19.4 Å². The lowest BCUT2D eigenvalue weighted by molar-refractivity contribution is 0.0655. The second-order valence-electron chi connectivity index (χ2n) is 7.36. The number of hydrogen-bond donors (Lipinski definition) is 1. The van der Waals surface area contributed by atoms with E-state index in [-0.39, 0.29) is 23.8 Å². The van der Waals surface area contributed by atoms with Gasteiger partial charge in [0.2, 0.25) is 0 Å². The SMILES string of the molecule is CC1CN(C(=O)c2ccc3c(c2)C(=O)N(CCc2ccccc2)C3=O)CCN1. The molecule has 3 amide bonds. The summed E-state index contributed by atoms with van der Waals surface area (Å²) in [5, 5.41) is 3.31. The summed E-state index contributed by atoms with van der Waals surface area (Å²) in [5.74, 6) is -0.705. The number of carbonyl (C=O) groups is 3. The number of piperazine rings is 1. The fourth-order valence-corrected chi connectivity index (χ4v) is 3.81. The molecule has 4 rings (SSSR count). The van der Waals surface area contributed by atoms with Gasteiger partial charge < -0.3 is 10.2 Å². The second-order valence-corrected chi connectivity index (χ2v) is 7.36. The van der Waals surface area contributed by atoms with Crippen LogP contribution in [-0.4, -0.2) is 59.7 Å². The van der Waals surface area contributed by atoms with Gasteiger partial charge >= 0.3 is 0 Å². The Morgan fingerprint density at radius 2 is 1.82 bits per heavy atom. The predicted molar refractivity (Wildman–Crippen MR) is 105 cm³/mol. The van der Waals surface area contributed by atoms with Crippen molar-refractivity contribution in [1.82, 2.24) is 15.1 Å². The van der Waals surface area contributed by atoms with E-state index in [4.69, 9.17) is 0 Å². The van der Waals surface area contributed by atoms with Crippen molar-refractivity contribution in [1.29, 1.82) is 0 Å². The Kier molecular flexibility index (Phi) is 4.96. The first kappa shape index (κ1) is 18.4. The summed E-state index contributed by atoms with van der Waals surface area (Å²) in [6.45, 7) is 4.38. The third-order valence-corrected chi connectivity index (χ3v) is 5.34. The highest BCUT2D eigenvalue weighted by Crippen LogP contribution is 2.25. The third kappa shape index (κ3) is 3.43. The summed E-state index contributed by atoms with van der Waals surface area (Å²) in [7, 11) is 0.